The van der Waals surface area contributed by atoms with Crippen LogP contribution in [0.5, 0.6) is 23.0 Å². The standard InChI is InChI=1S/C20H21NO5/c1-4-5-10-25-16-9-7-15(12-19(16)24-3)20(22)26-17-8-6-14(13-21)11-18(17)23-2/h6-9,11-12H,4-5,10H2,1-3H3. The van der Waals surface area contributed by atoms with Crippen molar-refractivity contribution >= 4 is 5.97 Å². The molecule has 0 heterocycles. The number of ether oxygens (including phenoxy) is 4. The van der Waals surface area contributed by atoms with E-state index in [4.69, 9.17) is 24.2 Å². The molecule has 0 fully saturated rings. The van der Waals surface area contributed by atoms with Crippen molar-refractivity contribution in [3.05, 3.63) is 47.5 Å². The smallest absolute Gasteiger partial charge is 0.343 e. The van der Waals surface area contributed by atoms with Gasteiger partial charge in [0.15, 0.2) is 23.0 Å². The Hall–Kier alpha value is -3.20. The Morgan fingerprint density at radius 1 is 1.00 bits per heavy atom. The molecule has 6 nitrogen and oxygen atoms in total. The molecule has 136 valence electrons. The van der Waals surface area contributed by atoms with Crippen LogP contribution in [0.15, 0.2) is 36.4 Å². The monoisotopic (exact) mass is 355 g/mol. The van der Waals surface area contributed by atoms with Crippen LogP contribution < -0.4 is 18.9 Å². The zero-order valence-corrected chi connectivity index (χ0v) is 15.1. The first-order chi connectivity index (χ1) is 12.6. The van der Waals surface area contributed by atoms with Gasteiger partial charge in [0, 0.05) is 6.07 Å². The van der Waals surface area contributed by atoms with Gasteiger partial charge in [0.2, 0.25) is 0 Å². The van der Waals surface area contributed by atoms with E-state index in [9.17, 15) is 4.79 Å². The van der Waals surface area contributed by atoms with Crippen LogP contribution in [-0.4, -0.2) is 26.8 Å². The molecule has 0 N–H and O–H groups in total. The van der Waals surface area contributed by atoms with Crippen LogP contribution in [-0.2, 0) is 0 Å². The summed E-state index contributed by atoms with van der Waals surface area (Å²) in [4.78, 5) is 12.4. The van der Waals surface area contributed by atoms with Gasteiger partial charge < -0.3 is 18.9 Å². The number of hydrogen-bond acceptors (Lipinski definition) is 6. The van der Waals surface area contributed by atoms with Crippen LogP contribution in [0.3, 0.4) is 0 Å². The van der Waals surface area contributed by atoms with Gasteiger partial charge in [-0.25, -0.2) is 4.79 Å². The summed E-state index contributed by atoms with van der Waals surface area (Å²) in [6, 6.07) is 11.5. The molecule has 26 heavy (non-hydrogen) atoms. The minimum absolute atomic E-state index is 0.235. The minimum atomic E-state index is -0.564. The minimum Gasteiger partial charge on any atom is -0.493 e. The summed E-state index contributed by atoms with van der Waals surface area (Å²) < 4.78 is 21.5. The molecular formula is C20H21NO5. The van der Waals surface area contributed by atoms with Gasteiger partial charge >= 0.3 is 5.97 Å². The van der Waals surface area contributed by atoms with E-state index in [1.54, 1.807) is 24.3 Å². The maximum absolute atomic E-state index is 12.4. The molecule has 0 saturated heterocycles. The van der Waals surface area contributed by atoms with E-state index < -0.39 is 5.97 Å². The van der Waals surface area contributed by atoms with Gasteiger partial charge in [-0.1, -0.05) is 13.3 Å². The molecule has 0 spiro atoms. The number of rotatable bonds is 8. The van der Waals surface area contributed by atoms with Crippen molar-refractivity contribution < 1.29 is 23.7 Å². The zero-order valence-electron chi connectivity index (χ0n) is 15.1. The zero-order chi connectivity index (χ0) is 18.9. The molecule has 0 bridgehead atoms. The van der Waals surface area contributed by atoms with Crippen molar-refractivity contribution in [2.75, 3.05) is 20.8 Å². The molecule has 2 aromatic carbocycles. The van der Waals surface area contributed by atoms with Gasteiger partial charge in [-0.05, 0) is 36.8 Å². The first kappa shape index (κ1) is 19.1. The van der Waals surface area contributed by atoms with Gasteiger partial charge in [0.25, 0.3) is 0 Å². The number of carbonyl (C=O) groups is 1. The molecule has 0 atom stereocenters. The largest absolute Gasteiger partial charge is 0.493 e. The first-order valence-electron chi connectivity index (χ1n) is 8.24. The summed E-state index contributed by atoms with van der Waals surface area (Å²) in [5.41, 5.74) is 0.730. The van der Waals surface area contributed by atoms with E-state index in [0.29, 0.717) is 35.0 Å². The van der Waals surface area contributed by atoms with E-state index in [1.807, 2.05) is 6.07 Å². The Morgan fingerprint density at radius 3 is 2.35 bits per heavy atom. The Balaban J connectivity index is 2.18. The maximum atomic E-state index is 12.4. The van der Waals surface area contributed by atoms with Gasteiger partial charge in [-0.15, -0.1) is 0 Å². The lowest BCUT2D eigenvalue weighted by molar-refractivity contribution is 0.0729. The summed E-state index contributed by atoms with van der Waals surface area (Å²) >= 11 is 0. The predicted molar refractivity (Wildman–Crippen MR) is 96.1 cm³/mol. The van der Waals surface area contributed by atoms with Gasteiger partial charge in [0.1, 0.15) is 0 Å². The van der Waals surface area contributed by atoms with Crippen molar-refractivity contribution in [1.82, 2.24) is 0 Å². The summed E-state index contributed by atoms with van der Waals surface area (Å²) in [6.07, 6.45) is 1.96. The van der Waals surface area contributed by atoms with Crippen LogP contribution in [0.25, 0.3) is 0 Å². The Kier molecular flexibility index (Phi) is 6.86. The summed E-state index contributed by atoms with van der Waals surface area (Å²) in [7, 11) is 2.96. The van der Waals surface area contributed by atoms with Crippen LogP contribution in [0.2, 0.25) is 0 Å². The number of carbonyl (C=O) groups excluding carboxylic acids is 1. The number of nitrogens with zero attached hydrogens (tertiary/aromatic N) is 1. The lowest BCUT2D eigenvalue weighted by Crippen LogP contribution is -2.10. The van der Waals surface area contributed by atoms with Crippen LogP contribution in [0, 0.1) is 11.3 Å². The van der Waals surface area contributed by atoms with E-state index in [0.717, 1.165) is 12.8 Å². The Labute approximate surface area is 152 Å². The SMILES string of the molecule is CCCCOc1ccc(C(=O)Oc2ccc(C#N)cc2OC)cc1OC. The van der Waals surface area contributed by atoms with E-state index in [2.05, 4.69) is 6.92 Å². The summed E-state index contributed by atoms with van der Waals surface area (Å²) in [5, 5.41) is 8.93. The fourth-order valence-electron chi connectivity index (χ4n) is 2.22. The van der Waals surface area contributed by atoms with Crippen molar-refractivity contribution in [2.24, 2.45) is 0 Å². The highest BCUT2D eigenvalue weighted by molar-refractivity contribution is 5.92. The lowest BCUT2D eigenvalue weighted by Gasteiger charge is -2.12. The van der Waals surface area contributed by atoms with Gasteiger partial charge in [0.05, 0.1) is 38.0 Å². The topological polar surface area (TPSA) is 77.8 Å². The quantitative estimate of drug-likeness (QED) is 0.405. The fourth-order valence-corrected chi connectivity index (χ4v) is 2.22. The van der Waals surface area contributed by atoms with E-state index in [-0.39, 0.29) is 5.75 Å². The third-order valence-corrected chi connectivity index (χ3v) is 3.65. The highest BCUT2D eigenvalue weighted by Crippen LogP contribution is 2.31. The molecule has 0 unspecified atom stereocenters. The second-order valence-electron chi connectivity index (χ2n) is 5.43. The lowest BCUT2D eigenvalue weighted by atomic mass is 10.2. The molecule has 0 aliphatic rings. The molecule has 0 saturated carbocycles. The van der Waals surface area contributed by atoms with Crippen molar-refractivity contribution in [2.45, 2.75) is 19.8 Å². The van der Waals surface area contributed by atoms with Gasteiger partial charge in [-0.2, -0.15) is 5.26 Å². The third kappa shape index (κ3) is 4.67. The molecule has 2 rings (SSSR count). The van der Waals surface area contributed by atoms with Crippen molar-refractivity contribution in [3.63, 3.8) is 0 Å². The highest BCUT2D eigenvalue weighted by Gasteiger charge is 2.16. The van der Waals surface area contributed by atoms with Crippen molar-refractivity contribution in [3.8, 4) is 29.1 Å². The van der Waals surface area contributed by atoms with Gasteiger partial charge in [-0.3, -0.25) is 0 Å². The van der Waals surface area contributed by atoms with E-state index in [1.165, 1.54) is 26.4 Å². The van der Waals surface area contributed by atoms with Crippen LogP contribution in [0.4, 0.5) is 0 Å². The number of benzene rings is 2. The van der Waals surface area contributed by atoms with E-state index >= 15 is 0 Å². The Bertz CT molecular complexity index is 810. The maximum Gasteiger partial charge on any atom is 0.343 e. The molecular weight excluding hydrogens is 334 g/mol. The molecule has 0 radical (unpaired) electrons. The van der Waals surface area contributed by atoms with Crippen LogP contribution in [0.1, 0.15) is 35.7 Å². The molecule has 0 amide bonds. The average molecular weight is 355 g/mol. The third-order valence-electron chi connectivity index (χ3n) is 3.65. The molecule has 2 aromatic rings. The fraction of sp³-hybridized carbons (Fsp3) is 0.300. The normalized spacial score (nSPS) is 9.92. The number of esters is 1. The predicted octanol–water partition coefficient (Wildman–Crippen LogP) is 3.97. The second kappa shape index (κ2) is 9.33. The number of hydrogen-bond donors (Lipinski definition) is 0. The molecule has 6 heteroatoms. The first-order valence-corrected chi connectivity index (χ1v) is 8.24. The Morgan fingerprint density at radius 2 is 1.69 bits per heavy atom. The number of nitriles is 1. The molecule has 0 aromatic heterocycles. The molecule has 0 aliphatic heterocycles. The molecule has 0 aliphatic carbocycles. The average Bonchev–Trinajstić information content (AvgIpc) is 2.68. The highest BCUT2D eigenvalue weighted by atomic mass is 16.6. The number of methoxy groups -OCH3 is 2. The summed E-state index contributed by atoms with van der Waals surface area (Å²) in [5.74, 6) is 1.02. The second-order valence-corrected chi connectivity index (χ2v) is 5.43. The van der Waals surface area contributed by atoms with Crippen LogP contribution >= 0.6 is 0 Å². The number of unbranched alkanes of at least 4 members (excludes halogenated alkanes) is 1. The summed E-state index contributed by atoms with van der Waals surface area (Å²) in [6.45, 7) is 2.66. The van der Waals surface area contributed by atoms with Crippen molar-refractivity contribution in [1.29, 1.82) is 5.26 Å².